The number of rotatable bonds is 6. The molecule has 0 aliphatic carbocycles. The summed E-state index contributed by atoms with van der Waals surface area (Å²) in [5, 5.41) is 3.62. The average molecular weight is 202 g/mol. The summed E-state index contributed by atoms with van der Waals surface area (Å²) < 4.78 is 0. The van der Waals surface area contributed by atoms with Crippen LogP contribution in [-0.2, 0) is 0 Å². The lowest BCUT2D eigenvalue weighted by Crippen LogP contribution is -2.37. The van der Waals surface area contributed by atoms with Crippen molar-refractivity contribution in [2.45, 2.75) is 26.3 Å². The van der Waals surface area contributed by atoms with Gasteiger partial charge in [-0.3, -0.25) is 0 Å². The highest BCUT2D eigenvalue weighted by Gasteiger charge is 2.13. The van der Waals surface area contributed by atoms with Crippen molar-refractivity contribution in [3.63, 3.8) is 0 Å². The van der Waals surface area contributed by atoms with Crippen LogP contribution in [-0.4, -0.2) is 48.6 Å². The Labute approximate surface area is 86.5 Å². The van der Waals surface area contributed by atoms with E-state index in [0.29, 0.717) is 0 Å². The molecule has 0 aromatic carbocycles. The highest BCUT2D eigenvalue weighted by Crippen LogP contribution is 2.16. The number of hydrogen-bond acceptors (Lipinski definition) is 3. The van der Waals surface area contributed by atoms with E-state index in [2.05, 4.69) is 35.8 Å². The maximum absolute atomic E-state index is 3.62. The Hall–Kier alpha value is 0.270. The average Bonchev–Trinajstić information content (AvgIpc) is 2.65. The molecule has 0 aromatic rings. The van der Waals surface area contributed by atoms with E-state index in [0.717, 1.165) is 12.6 Å². The van der Waals surface area contributed by atoms with Crippen molar-refractivity contribution in [2.24, 2.45) is 0 Å². The molecule has 0 aromatic heterocycles. The third kappa shape index (κ3) is 4.34. The fourth-order valence-electron chi connectivity index (χ4n) is 1.66. The summed E-state index contributed by atoms with van der Waals surface area (Å²) in [5.74, 6) is 2.67. The lowest BCUT2D eigenvalue weighted by atomic mass is 10.2. The molecule has 1 N–H and O–H groups in total. The van der Waals surface area contributed by atoms with E-state index in [-0.39, 0.29) is 0 Å². The van der Waals surface area contributed by atoms with Crippen LogP contribution in [0.1, 0.15) is 20.3 Å². The molecular weight excluding hydrogens is 180 g/mol. The minimum atomic E-state index is 0.792. The van der Waals surface area contributed by atoms with Gasteiger partial charge in [0.15, 0.2) is 0 Å². The first kappa shape index (κ1) is 11.3. The van der Waals surface area contributed by atoms with E-state index in [4.69, 9.17) is 0 Å². The normalized spacial score (nSPS) is 22.8. The molecule has 1 atom stereocenters. The molecular formula is C10H22N2S. The van der Waals surface area contributed by atoms with Crippen LogP contribution < -0.4 is 5.32 Å². The molecule has 0 amide bonds. The Morgan fingerprint density at radius 3 is 2.69 bits per heavy atom. The van der Waals surface area contributed by atoms with Crippen molar-refractivity contribution in [3.8, 4) is 0 Å². The van der Waals surface area contributed by atoms with Crippen LogP contribution in [0, 0.1) is 0 Å². The largest absolute Gasteiger partial charge is 0.312 e. The first-order chi connectivity index (χ1) is 6.36. The molecule has 1 heterocycles. The summed E-state index contributed by atoms with van der Waals surface area (Å²) >= 11 is 2.08. The Kier molecular flexibility index (Phi) is 5.83. The van der Waals surface area contributed by atoms with Crippen molar-refractivity contribution in [2.75, 3.05) is 37.7 Å². The zero-order valence-electron chi connectivity index (χ0n) is 8.88. The lowest BCUT2D eigenvalue weighted by Gasteiger charge is -2.19. The fourth-order valence-corrected chi connectivity index (χ4v) is 2.85. The zero-order chi connectivity index (χ0) is 9.52. The molecule has 0 spiro atoms. The van der Waals surface area contributed by atoms with Crippen molar-refractivity contribution in [1.82, 2.24) is 10.2 Å². The number of nitrogens with one attached hydrogen (secondary N) is 1. The minimum absolute atomic E-state index is 0.792. The summed E-state index contributed by atoms with van der Waals surface area (Å²) in [4.78, 5) is 2.47. The van der Waals surface area contributed by atoms with Gasteiger partial charge in [-0.25, -0.2) is 0 Å². The van der Waals surface area contributed by atoms with Crippen LogP contribution in [0.2, 0.25) is 0 Å². The summed E-state index contributed by atoms with van der Waals surface area (Å²) in [6, 6.07) is 0.792. The monoisotopic (exact) mass is 202 g/mol. The second-order valence-corrected chi connectivity index (χ2v) is 4.69. The Balaban J connectivity index is 1.98. The quantitative estimate of drug-likeness (QED) is 0.701. The smallest absolute Gasteiger partial charge is 0.0166 e. The third-order valence-corrected chi connectivity index (χ3v) is 3.85. The molecule has 1 rings (SSSR count). The van der Waals surface area contributed by atoms with Gasteiger partial charge < -0.3 is 10.2 Å². The molecule has 0 bridgehead atoms. The van der Waals surface area contributed by atoms with E-state index in [9.17, 15) is 0 Å². The predicted molar refractivity (Wildman–Crippen MR) is 61.5 cm³/mol. The summed E-state index contributed by atoms with van der Waals surface area (Å²) in [6.45, 7) is 9.18. The van der Waals surface area contributed by atoms with E-state index < -0.39 is 0 Å². The van der Waals surface area contributed by atoms with Crippen molar-refractivity contribution < 1.29 is 0 Å². The summed E-state index contributed by atoms with van der Waals surface area (Å²) in [6.07, 6.45) is 1.36. The molecule has 1 saturated heterocycles. The first-order valence-electron chi connectivity index (χ1n) is 5.40. The van der Waals surface area contributed by atoms with Crippen LogP contribution in [0.15, 0.2) is 0 Å². The van der Waals surface area contributed by atoms with Gasteiger partial charge in [0.25, 0.3) is 0 Å². The Morgan fingerprint density at radius 1 is 1.38 bits per heavy atom. The van der Waals surface area contributed by atoms with Crippen molar-refractivity contribution >= 4 is 11.8 Å². The molecule has 1 aliphatic heterocycles. The molecule has 78 valence electrons. The van der Waals surface area contributed by atoms with E-state index in [1.807, 2.05) is 0 Å². The van der Waals surface area contributed by atoms with E-state index in [1.54, 1.807) is 0 Å². The van der Waals surface area contributed by atoms with Gasteiger partial charge in [-0.2, -0.15) is 11.8 Å². The maximum atomic E-state index is 3.62. The maximum Gasteiger partial charge on any atom is 0.0166 e. The fraction of sp³-hybridized carbons (Fsp3) is 1.00. The molecule has 1 fully saturated rings. The standard InChI is InChI=1S/C10H22N2S/c1-3-12(4-2)7-6-11-10-5-8-13-9-10/h10-11H,3-9H2,1-2H3/t10-/m1/s1. The van der Waals surface area contributed by atoms with Gasteiger partial charge >= 0.3 is 0 Å². The topological polar surface area (TPSA) is 15.3 Å². The number of nitrogens with zero attached hydrogens (tertiary/aromatic N) is 1. The second kappa shape index (κ2) is 6.68. The van der Waals surface area contributed by atoms with Gasteiger partial charge in [0.1, 0.15) is 0 Å². The van der Waals surface area contributed by atoms with Gasteiger partial charge in [0.2, 0.25) is 0 Å². The number of hydrogen-bond donors (Lipinski definition) is 1. The number of likely N-dealkylation sites (N-methyl/N-ethyl adjacent to an activating group) is 1. The van der Waals surface area contributed by atoms with Crippen LogP contribution >= 0.6 is 11.8 Å². The highest BCUT2D eigenvalue weighted by atomic mass is 32.2. The van der Waals surface area contributed by atoms with E-state index in [1.165, 1.54) is 37.6 Å². The highest BCUT2D eigenvalue weighted by molar-refractivity contribution is 7.99. The number of thioether (sulfide) groups is 1. The molecule has 13 heavy (non-hydrogen) atoms. The van der Waals surface area contributed by atoms with Crippen LogP contribution in [0.25, 0.3) is 0 Å². The van der Waals surface area contributed by atoms with Crippen molar-refractivity contribution in [3.05, 3.63) is 0 Å². The Morgan fingerprint density at radius 2 is 2.15 bits per heavy atom. The van der Waals surface area contributed by atoms with Crippen molar-refractivity contribution in [1.29, 1.82) is 0 Å². The first-order valence-corrected chi connectivity index (χ1v) is 6.55. The summed E-state index contributed by atoms with van der Waals surface area (Å²) in [7, 11) is 0. The summed E-state index contributed by atoms with van der Waals surface area (Å²) in [5.41, 5.74) is 0. The predicted octanol–water partition coefficient (Wildman–Crippen LogP) is 1.42. The second-order valence-electron chi connectivity index (χ2n) is 3.54. The van der Waals surface area contributed by atoms with Gasteiger partial charge in [-0.1, -0.05) is 13.8 Å². The van der Waals surface area contributed by atoms with E-state index >= 15 is 0 Å². The lowest BCUT2D eigenvalue weighted by molar-refractivity contribution is 0.298. The van der Waals surface area contributed by atoms with Gasteiger partial charge in [0.05, 0.1) is 0 Å². The molecule has 0 saturated carbocycles. The molecule has 0 unspecified atom stereocenters. The van der Waals surface area contributed by atoms with Crippen LogP contribution in [0.3, 0.4) is 0 Å². The molecule has 0 radical (unpaired) electrons. The third-order valence-electron chi connectivity index (χ3n) is 2.69. The zero-order valence-corrected chi connectivity index (χ0v) is 9.70. The molecule has 1 aliphatic rings. The van der Waals surface area contributed by atoms with Crippen LogP contribution in [0.4, 0.5) is 0 Å². The van der Waals surface area contributed by atoms with Crippen LogP contribution in [0.5, 0.6) is 0 Å². The Bertz CT molecular complexity index is 118. The molecule has 3 heteroatoms. The SMILES string of the molecule is CCN(CC)CCN[C@@H]1CCSC1. The van der Waals surface area contributed by atoms with Gasteiger partial charge in [-0.05, 0) is 25.3 Å². The molecule has 2 nitrogen and oxygen atoms in total. The van der Waals surface area contributed by atoms with Gasteiger partial charge in [-0.15, -0.1) is 0 Å². The minimum Gasteiger partial charge on any atom is -0.312 e. The van der Waals surface area contributed by atoms with Gasteiger partial charge in [0, 0.05) is 24.9 Å².